The number of ether oxygens (including phenoxy) is 3. The molecule has 1 aliphatic carbocycles. The number of aliphatic carboxylic acids is 1. The maximum Gasteiger partial charge on any atom is 0.303 e. The molecular formula is C24H34O7. The van der Waals surface area contributed by atoms with Crippen LogP contribution < -0.4 is 9.47 Å². The first-order valence-electron chi connectivity index (χ1n) is 11.1. The Morgan fingerprint density at radius 1 is 1.32 bits per heavy atom. The predicted octanol–water partition coefficient (Wildman–Crippen LogP) is 3.04. The zero-order valence-electron chi connectivity index (χ0n) is 18.1. The number of aliphatic hydroxyl groups excluding tert-OH is 2. The molecule has 3 N–H and O–H groups in total. The molecule has 0 bridgehead atoms. The summed E-state index contributed by atoms with van der Waals surface area (Å²) in [5, 5.41) is 29.7. The molecule has 0 unspecified atom stereocenters. The SMILES string of the molecule is COc1cccc(OC[C@H](O)C=C[C@@H]2[C@H]3CC[C@H](CCCC(=O)O)CO[C@H]3C[C@H]2O)c1. The number of benzene rings is 1. The fourth-order valence-corrected chi connectivity index (χ4v) is 4.67. The standard InChI is InChI=1S/C24H34O7/c1-29-18-5-3-6-19(12-18)30-15-17(25)9-11-20-21-10-8-16(4-2-7-24(27)28)14-31-23(21)13-22(20)26/h3,5-6,9,11-12,16-17,20-23,25-26H,2,4,7-8,10,13-15H2,1H3,(H,27,28)/t16-,17+,20+,21+,22+,23-/m0/s1. The summed E-state index contributed by atoms with van der Waals surface area (Å²) < 4.78 is 16.9. The Morgan fingerprint density at radius 2 is 2.13 bits per heavy atom. The van der Waals surface area contributed by atoms with Gasteiger partial charge in [0, 0.05) is 31.4 Å². The molecule has 1 aromatic carbocycles. The second-order valence-electron chi connectivity index (χ2n) is 8.59. The van der Waals surface area contributed by atoms with Crippen molar-refractivity contribution in [3.8, 4) is 11.5 Å². The van der Waals surface area contributed by atoms with Crippen molar-refractivity contribution in [1.82, 2.24) is 0 Å². The van der Waals surface area contributed by atoms with Gasteiger partial charge in [-0.2, -0.15) is 0 Å². The zero-order valence-corrected chi connectivity index (χ0v) is 18.1. The van der Waals surface area contributed by atoms with Crippen LogP contribution >= 0.6 is 0 Å². The summed E-state index contributed by atoms with van der Waals surface area (Å²) in [6, 6.07) is 7.22. The van der Waals surface area contributed by atoms with Crippen molar-refractivity contribution in [2.75, 3.05) is 20.3 Å². The van der Waals surface area contributed by atoms with Gasteiger partial charge in [0.15, 0.2) is 0 Å². The Hall–Kier alpha value is -2.09. The van der Waals surface area contributed by atoms with Gasteiger partial charge < -0.3 is 29.5 Å². The summed E-state index contributed by atoms with van der Waals surface area (Å²) in [6.07, 6.45) is 6.58. The van der Waals surface area contributed by atoms with Crippen LogP contribution in [0, 0.1) is 17.8 Å². The monoisotopic (exact) mass is 434 g/mol. The Labute approximate surface area is 183 Å². The van der Waals surface area contributed by atoms with E-state index in [1.54, 1.807) is 25.3 Å². The molecule has 0 amide bonds. The van der Waals surface area contributed by atoms with Gasteiger partial charge in [-0.05, 0) is 49.7 Å². The molecular weight excluding hydrogens is 400 g/mol. The Balaban J connectivity index is 1.49. The van der Waals surface area contributed by atoms with E-state index in [1.807, 2.05) is 18.2 Å². The minimum absolute atomic E-state index is 0.0132. The number of carboxylic acids is 1. The van der Waals surface area contributed by atoms with Crippen molar-refractivity contribution in [1.29, 1.82) is 0 Å². The van der Waals surface area contributed by atoms with Crippen molar-refractivity contribution >= 4 is 5.97 Å². The van der Waals surface area contributed by atoms with E-state index in [0.29, 0.717) is 36.9 Å². The molecule has 1 heterocycles. The van der Waals surface area contributed by atoms with E-state index >= 15 is 0 Å². The molecule has 6 atom stereocenters. The van der Waals surface area contributed by atoms with Gasteiger partial charge in [-0.1, -0.05) is 18.2 Å². The normalized spacial score (nSPS) is 29.3. The third kappa shape index (κ3) is 6.95. The maximum absolute atomic E-state index is 10.7. The number of hydrogen-bond donors (Lipinski definition) is 3. The van der Waals surface area contributed by atoms with Gasteiger partial charge >= 0.3 is 5.97 Å². The third-order valence-electron chi connectivity index (χ3n) is 6.36. The highest BCUT2D eigenvalue weighted by Gasteiger charge is 2.43. The third-order valence-corrected chi connectivity index (χ3v) is 6.36. The van der Waals surface area contributed by atoms with Crippen molar-refractivity contribution in [3.05, 3.63) is 36.4 Å². The lowest BCUT2D eigenvalue weighted by molar-refractivity contribution is -0.137. The van der Waals surface area contributed by atoms with Gasteiger partial charge in [0.1, 0.15) is 24.2 Å². The van der Waals surface area contributed by atoms with E-state index in [9.17, 15) is 15.0 Å². The molecule has 1 aromatic rings. The minimum Gasteiger partial charge on any atom is -0.497 e. The summed E-state index contributed by atoms with van der Waals surface area (Å²) in [4.78, 5) is 10.7. The summed E-state index contributed by atoms with van der Waals surface area (Å²) in [5.41, 5.74) is 0. The van der Waals surface area contributed by atoms with Gasteiger partial charge in [-0.15, -0.1) is 0 Å². The second-order valence-corrected chi connectivity index (χ2v) is 8.59. The average Bonchev–Trinajstić information content (AvgIpc) is 2.92. The number of aliphatic hydroxyl groups is 2. The van der Waals surface area contributed by atoms with Gasteiger partial charge in [0.2, 0.25) is 0 Å². The largest absolute Gasteiger partial charge is 0.497 e. The van der Waals surface area contributed by atoms with Crippen LogP contribution in [0.1, 0.15) is 38.5 Å². The second kappa shape index (κ2) is 11.5. The van der Waals surface area contributed by atoms with Crippen molar-refractivity contribution in [3.63, 3.8) is 0 Å². The number of carbonyl (C=O) groups is 1. The number of methoxy groups -OCH3 is 1. The van der Waals surface area contributed by atoms with Crippen LogP contribution in [0.4, 0.5) is 0 Å². The molecule has 1 saturated heterocycles. The highest BCUT2D eigenvalue weighted by atomic mass is 16.5. The molecule has 7 heteroatoms. The smallest absolute Gasteiger partial charge is 0.303 e. The van der Waals surface area contributed by atoms with Crippen molar-refractivity contribution in [2.24, 2.45) is 17.8 Å². The number of hydrogen-bond acceptors (Lipinski definition) is 6. The van der Waals surface area contributed by atoms with Gasteiger partial charge in [-0.25, -0.2) is 0 Å². The van der Waals surface area contributed by atoms with E-state index < -0.39 is 18.2 Å². The lowest BCUT2D eigenvalue weighted by Crippen LogP contribution is -2.22. The lowest BCUT2D eigenvalue weighted by atomic mass is 9.86. The molecule has 0 aromatic heterocycles. The number of carboxylic acid groups (broad SMARTS) is 1. The Bertz CT molecular complexity index is 734. The Morgan fingerprint density at radius 3 is 2.90 bits per heavy atom. The summed E-state index contributed by atoms with van der Waals surface area (Å²) >= 11 is 0. The van der Waals surface area contributed by atoms with Crippen molar-refractivity contribution in [2.45, 2.75) is 56.8 Å². The van der Waals surface area contributed by atoms with E-state index in [4.69, 9.17) is 19.3 Å². The summed E-state index contributed by atoms with van der Waals surface area (Å²) in [7, 11) is 1.59. The van der Waals surface area contributed by atoms with Gasteiger partial charge in [-0.3, -0.25) is 4.79 Å². The van der Waals surface area contributed by atoms with Crippen LogP contribution in [-0.4, -0.2) is 59.9 Å². The van der Waals surface area contributed by atoms with E-state index in [1.165, 1.54) is 0 Å². The number of rotatable bonds is 10. The first-order chi connectivity index (χ1) is 15.0. The molecule has 2 fully saturated rings. The van der Waals surface area contributed by atoms with E-state index in [2.05, 4.69) is 0 Å². The summed E-state index contributed by atoms with van der Waals surface area (Å²) in [5.74, 6) is 1.08. The first-order valence-corrected chi connectivity index (χ1v) is 11.1. The fraction of sp³-hybridized carbons (Fsp3) is 0.625. The highest BCUT2D eigenvalue weighted by molar-refractivity contribution is 5.66. The highest BCUT2D eigenvalue weighted by Crippen LogP contribution is 2.42. The Kier molecular flexibility index (Phi) is 8.75. The van der Waals surface area contributed by atoms with Crippen molar-refractivity contribution < 1.29 is 34.3 Å². The lowest BCUT2D eigenvalue weighted by Gasteiger charge is -2.21. The van der Waals surface area contributed by atoms with Crippen LogP contribution in [0.3, 0.4) is 0 Å². The van der Waals surface area contributed by atoms with Gasteiger partial charge in [0.25, 0.3) is 0 Å². The topological polar surface area (TPSA) is 105 Å². The van der Waals surface area contributed by atoms with E-state index in [-0.39, 0.29) is 31.0 Å². The molecule has 0 spiro atoms. The predicted molar refractivity (Wildman–Crippen MR) is 115 cm³/mol. The van der Waals surface area contributed by atoms with Crippen LogP contribution in [0.2, 0.25) is 0 Å². The molecule has 31 heavy (non-hydrogen) atoms. The van der Waals surface area contributed by atoms with Crippen LogP contribution in [0.5, 0.6) is 11.5 Å². The molecule has 7 nitrogen and oxygen atoms in total. The fourth-order valence-electron chi connectivity index (χ4n) is 4.67. The molecule has 0 radical (unpaired) electrons. The molecule has 172 valence electrons. The van der Waals surface area contributed by atoms with Gasteiger partial charge in [0.05, 0.1) is 19.3 Å². The van der Waals surface area contributed by atoms with E-state index in [0.717, 1.165) is 19.3 Å². The maximum atomic E-state index is 10.7. The average molecular weight is 435 g/mol. The molecule has 3 rings (SSSR count). The van der Waals surface area contributed by atoms with Crippen LogP contribution in [0.15, 0.2) is 36.4 Å². The quantitative estimate of drug-likeness (QED) is 0.486. The van der Waals surface area contributed by atoms with Crippen LogP contribution in [0.25, 0.3) is 0 Å². The minimum atomic E-state index is -0.784. The first kappa shape index (κ1) is 23.6. The molecule has 1 aliphatic heterocycles. The number of fused-ring (bicyclic) bond motifs is 1. The van der Waals surface area contributed by atoms with Crippen LogP contribution in [-0.2, 0) is 9.53 Å². The molecule has 2 aliphatic rings. The molecule has 1 saturated carbocycles. The summed E-state index contributed by atoms with van der Waals surface area (Å²) in [6.45, 7) is 0.740. The zero-order chi connectivity index (χ0) is 22.2.